The van der Waals surface area contributed by atoms with Gasteiger partial charge in [-0.25, -0.2) is 0 Å². The van der Waals surface area contributed by atoms with E-state index in [9.17, 15) is 0 Å². The van der Waals surface area contributed by atoms with Crippen molar-refractivity contribution in [2.45, 2.75) is 38.1 Å². The summed E-state index contributed by atoms with van der Waals surface area (Å²) in [6.45, 7) is 4.34. The van der Waals surface area contributed by atoms with E-state index < -0.39 is 0 Å². The molecule has 80 valence electrons. The van der Waals surface area contributed by atoms with E-state index in [2.05, 4.69) is 31.9 Å². The molecule has 0 amide bonds. The molecule has 1 rings (SSSR count). The molecule has 1 nitrogen and oxygen atoms in total. The third-order valence-corrected chi connectivity index (χ3v) is 3.04. The molecule has 0 aliphatic heterocycles. The molecule has 15 heavy (non-hydrogen) atoms. The van der Waals surface area contributed by atoms with Crippen LogP contribution in [0.2, 0.25) is 0 Å². The van der Waals surface area contributed by atoms with Crippen molar-refractivity contribution in [3.05, 3.63) is 35.9 Å². The molecule has 0 aliphatic carbocycles. The number of hydrogen-bond donors (Lipinski definition) is 1. The van der Waals surface area contributed by atoms with Gasteiger partial charge in [-0.05, 0) is 12.0 Å². The lowest BCUT2D eigenvalue weighted by Crippen LogP contribution is -2.40. The van der Waals surface area contributed by atoms with Gasteiger partial charge >= 0.3 is 0 Å². The average molecular weight is 201 g/mol. The predicted octanol–water partition coefficient (Wildman–Crippen LogP) is 2.70. The highest BCUT2D eigenvalue weighted by molar-refractivity contribution is 5.25. The number of nitrogens with two attached hydrogens (primary N) is 1. The second kappa shape index (κ2) is 5.00. The van der Waals surface area contributed by atoms with Crippen molar-refractivity contribution in [3.63, 3.8) is 0 Å². The quantitative estimate of drug-likeness (QED) is 0.745. The minimum absolute atomic E-state index is 0.0158. The monoisotopic (exact) mass is 201 g/mol. The van der Waals surface area contributed by atoms with Gasteiger partial charge in [0.1, 0.15) is 0 Å². The van der Waals surface area contributed by atoms with Crippen LogP contribution in [0.3, 0.4) is 0 Å². The molecule has 0 heterocycles. The van der Waals surface area contributed by atoms with Crippen LogP contribution in [0.1, 0.15) is 32.3 Å². The first-order chi connectivity index (χ1) is 7.09. The van der Waals surface area contributed by atoms with E-state index in [0.717, 1.165) is 12.8 Å². The molecule has 0 fully saturated rings. The van der Waals surface area contributed by atoms with E-state index >= 15 is 0 Å². The molecule has 1 unspecified atom stereocenters. The molecule has 1 aromatic rings. The van der Waals surface area contributed by atoms with Gasteiger partial charge in [0, 0.05) is 17.9 Å². The zero-order valence-electron chi connectivity index (χ0n) is 9.53. The minimum atomic E-state index is -0.0158. The average Bonchev–Trinajstić information content (AvgIpc) is 2.27. The Hall–Kier alpha value is -1.26. The van der Waals surface area contributed by atoms with Crippen LogP contribution in [-0.2, 0) is 5.41 Å². The lowest BCUT2D eigenvalue weighted by atomic mass is 9.76. The van der Waals surface area contributed by atoms with E-state index in [-0.39, 0.29) is 11.5 Å². The van der Waals surface area contributed by atoms with Crippen LogP contribution >= 0.6 is 0 Å². The van der Waals surface area contributed by atoms with E-state index in [1.165, 1.54) is 5.56 Å². The Morgan fingerprint density at radius 1 is 1.33 bits per heavy atom. The lowest BCUT2D eigenvalue weighted by Gasteiger charge is -2.32. The predicted molar refractivity (Wildman–Crippen MR) is 65.5 cm³/mol. The zero-order valence-corrected chi connectivity index (χ0v) is 9.53. The third kappa shape index (κ3) is 2.84. The Morgan fingerprint density at radius 3 is 2.47 bits per heavy atom. The van der Waals surface area contributed by atoms with Gasteiger partial charge in [0.15, 0.2) is 0 Å². The van der Waals surface area contributed by atoms with Crippen molar-refractivity contribution in [2.24, 2.45) is 5.73 Å². The fourth-order valence-electron chi connectivity index (χ4n) is 1.68. The molecule has 0 spiro atoms. The molecule has 1 atom stereocenters. The van der Waals surface area contributed by atoms with Crippen LogP contribution in [0.5, 0.6) is 0 Å². The van der Waals surface area contributed by atoms with E-state index in [0.29, 0.717) is 0 Å². The lowest BCUT2D eigenvalue weighted by molar-refractivity contribution is 0.392. The van der Waals surface area contributed by atoms with Gasteiger partial charge in [0.2, 0.25) is 0 Å². The Balaban J connectivity index is 2.79. The second-order valence-electron chi connectivity index (χ2n) is 4.44. The van der Waals surface area contributed by atoms with Gasteiger partial charge < -0.3 is 5.73 Å². The summed E-state index contributed by atoms with van der Waals surface area (Å²) in [6, 6.07) is 10.5. The Bertz CT molecular complexity index is 332. The summed E-state index contributed by atoms with van der Waals surface area (Å²) in [5.74, 6) is 2.64. The summed E-state index contributed by atoms with van der Waals surface area (Å²) < 4.78 is 0. The Kier molecular flexibility index (Phi) is 3.94. The van der Waals surface area contributed by atoms with Gasteiger partial charge in [-0.1, -0.05) is 44.2 Å². The molecule has 0 saturated heterocycles. The fraction of sp³-hybridized carbons (Fsp3) is 0.429. The second-order valence-corrected chi connectivity index (χ2v) is 4.44. The molecular weight excluding hydrogens is 182 g/mol. The van der Waals surface area contributed by atoms with Gasteiger partial charge in [-0.15, -0.1) is 12.3 Å². The molecular formula is C14H19N. The fourth-order valence-corrected chi connectivity index (χ4v) is 1.68. The maximum Gasteiger partial charge on any atom is 0.0140 e. The highest BCUT2D eigenvalue weighted by Gasteiger charge is 2.27. The van der Waals surface area contributed by atoms with Crippen molar-refractivity contribution < 1.29 is 0 Å². The van der Waals surface area contributed by atoms with E-state index in [4.69, 9.17) is 12.2 Å². The molecule has 0 aliphatic rings. The molecule has 2 N–H and O–H groups in total. The summed E-state index contributed by atoms with van der Waals surface area (Å²) in [5, 5.41) is 0. The van der Waals surface area contributed by atoms with Crippen LogP contribution in [0, 0.1) is 12.3 Å². The molecule has 0 aromatic heterocycles. The van der Waals surface area contributed by atoms with E-state index in [1.807, 2.05) is 18.2 Å². The topological polar surface area (TPSA) is 26.0 Å². The van der Waals surface area contributed by atoms with Crippen molar-refractivity contribution in [1.29, 1.82) is 0 Å². The number of hydrogen-bond acceptors (Lipinski definition) is 1. The highest BCUT2D eigenvalue weighted by atomic mass is 14.7. The van der Waals surface area contributed by atoms with Gasteiger partial charge in [-0.2, -0.15) is 0 Å². The van der Waals surface area contributed by atoms with Crippen molar-refractivity contribution in [2.75, 3.05) is 0 Å². The van der Waals surface area contributed by atoms with Crippen LogP contribution in [0.25, 0.3) is 0 Å². The first-order valence-corrected chi connectivity index (χ1v) is 5.33. The maximum atomic E-state index is 6.17. The van der Waals surface area contributed by atoms with Crippen molar-refractivity contribution >= 4 is 0 Å². The van der Waals surface area contributed by atoms with Crippen LogP contribution < -0.4 is 5.73 Å². The first-order valence-electron chi connectivity index (χ1n) is 5.33. The molecule has 0 saturated carbocycles. The van der Waals surface area contributed by atoms with Gasteiger partial charge in [0.25, 0.3) is 0 Å². The summed E-state index contributed by atoms with van der Waals surface area (Å²) in [4.78, 5) is 0. The molecule has 1 aromatic carbocycles. The van der Waals surface area contributed by atoms with E-state index in [1.54, 1.807) is 0 Å². The van der Waals surface area contributed by atoms with Crippen LogP contribution in [0.15, 0.2) is 30.3 Å². The largest absolute Gasteiger partial charge is 0.327 e. The number of benzene rings is 1. The Labute approximate surface area is 92.7 Å². The minimum Gasteiger partial charge on any atom is -0.327 e. The smallest absolute Gasteiger partial charge is 0.0140 e. The summed E-state index contributed by atoms with van der Waals surface area (Å²) in [5.41, 5.74) is 7.43. The zero-order chi connectivity index (χ0) is 11.3. The van der Waals surface area contributed by atoms with Crippen LogP contribution in [-0.4, -0.2) is 6.04 Å². The van der Waals surface area contributed by atoms with Crippen molar-refractivity contribution in [1.82, 2.24) is 0 Å². The Morgan fingerprint density at radius 2 is 1.93 bits per heavy atom. The summed E-state index contributed by atoms with van der Waals surface area (Å²) in [7, 11) is 0. The standard InChI is InChI=1S/C14H19N/c1-4-5-11-13(15)14(2,3)12-9-7-6-8-10-12/h1,6-10,13H,5,11,15H2,2-3H3. The van der Waals surface area contributed by atoms with Gasteiger partial charge in [0.05, 0.1) is 0 Å². The molecule has 1 heteroatoms. The third-order valence-electron chi connectivity index (χ3n) is 3.04. The highest BCUT2D eigenvalue weighted by Crippen LogP contribution is 2.27. The van der Waals surface area contributed by atoms with Crippen LogP contribution in [0.4, 0.5) is 0 Å². The first kappa shape index (κ1) is 11.8. The molecule has 0 radical (unpaired) electrons. The summed E-state index contributed by atoms with van der Waals surface area (Å²) in [6.07, 6.45) is 6.87. The number of terminal acetylenes is 1. The SMILES string of the molecule is C#CCCC(N)C(C)(C)c1ccccc1. The van der Waals surface area contributed by atoms with Gasteiger partial charge in [-0.3, -0.25) is 0 Å². The maximum absolute atomic E-state index is 6.17. The summed E-state index contributed by atoms with van der Waals surface area (Å²) >= 11 is 0. The normalized spacial score (nSPS) is 13.2. The van der Waals surface area contributed by atoms with Crippen molar-refractivity contribution in [3.8, 4) is 12.3 Å². The number of rotatable bonds is 4. The molecule has 0 bridgehead atoms.